The first-order valence-electron chi connectivity index (χ1n) is 5.48. The molecule has 0 amide bonds. The minimum absolute atomic E-state index is 0.497. The molecule has 4 heteroatoms. The summed E-state index contributed by atoms with van der Waals surface area (Å²) in [5.41, 5.74) is 0. The van der Waals surface area contributed by atoms with Crippen molar-refractivity contribution in [1.29, 1.82) is 0 Å². The Bertz CT molecular complexity index is 329. The fourth-order valence-corrected chi connectivity index (χ4v) is 2.33. The lowest BCUT2D eigenvalue weighted by molar-refractivity contribution is 0.358. The van der Waals surface area contributed by atoms with Crippen molar-refractivity contribution < 1.29 is 0 Å². The van der Waals surface area contributed by atoms with Crippen molar-refractivity contribution in [3.05, 3.63) is 17.5 Å². The first-order valence-corrected chi connectivity index (χ1v) is 5.86. The minimum Gasteiger partial charge on any atom is -0.367 e. The second-order valence-corrected chi connectivity index (χ2v) is 4.73. The van der Waals surface area contributed by atoms with E-state index in [0.717, 1.165) is 11.7 Å². The van der Waals surface area contributed by atoms with E-state index in [1.807, 2.05) is 0 Å². The summed E-state index contributed by atoms with van der Waals surface area (Å²) >= 11 is 5.80. The predicted molar refractivity (Wildman–Crippen MR) is 62.1 cm³/mol. The van der Waals surface area contributed by atoms with Crippen LogP contribution in [0.5, 0.6) is 0 Å². The Labute approximate surface area is 95.3 Å². The van der Waals surface area contributed by atoms with Crippen LogP contribution in [0.25, 0.3) is 0 Å². The Morgan fingerprint density at radius 3 is 3.00 bits per heavy atom. The maximum atomic E-state index is 5.80. The van der Waals surface area contributed by atoms with Gasteiger partial charge in [-0.25, -0.2) is 9.97 Å². The average Bonchev–Trinajstić information content (AvgIpc) is 2.17. The Morgan fingerprint density at radius 2 is 2.27 bits per heavy atom. The molecular weight excluding hydrogens is 210 g/mol. The van der Waals surface area contributed by atoms with E-state index in [2.05, 4.69) is 22.2 Å². The maximum absolute atomic E-state index is 5.80. The molecule has 0 aliphatic heterocycles. The molecule has 1 aliphatic rings. The van der Waals surface area contributed by atoms with Crippen molar-refractivity contribution in [2.45, 2.75) is 38.6 Å². The van der Waals surface area contributed by atoms with Crippen LogP contribution in [0.1, 0.15) is 32.6 Å². The molecule has 1 aromatic rings. The van der Waals surface area contributed by atoms with Crippen LogP contribution in [0.2, 0.25) is 5.15 Å². The molecule has 82 valence electrons. The third kappa shape index (κ3) is 3.06. The molecule has 0 aromatic carbocycles. The highest BCUT2D eigenvalue weighted by molar-refractivity contribution is 6.29. The number of nitrogens with zero attached hydrogens (tertiary/aromatic N) is 2. The number of aromatic nitrogens is 2. The molecule has 1 heterocycles. The Kier molecular flexibility index (Phi) is 3.41. The quantitative estimate of drug-likeness (QED) is 0.786. The fraction of sp³-hybridized carbons (Fsp3) is 0.636. The lowest BCUT2D eigenvalue weighted by Gasteiger charge is -2.27. The van der Waals surface area contributed by atoms with Crippen LogP contribution in [-0.2, 0) is 0 Å². The highest BCUT2D eigenvalue weighted by Gasteiger charge is 2.18. The van der Waals surface area contributed by atoms with Gasteiger partial charge >= 0.3 is 0 Å². The molecule has 2 atom stereocenters. The Balaban J connectivity index is 1.96. The highest BCUT2D eigenvalue weighted by Crippen LogP contribution is 2.25. The largest absolute Gasteiger partial charge is 0.367 e. The van der Waals surface area contributed by atoms with Crippen molar-refractivity contribution in [2.75, 3.05) is 5.32 Å². The van der Waals surface area contributed by atoms with Crippen molar-refractivity contribution in [3.8, 4) is 0 Å². The summed E-state index contributed by atoms with van der Waals surface area (Å²) in [6, 6.07) is 2.32. The number of hydrogen-bond donors (Lipinski definition) is 1. The van der Waals surface area contributed by atoms with Gasteiger partial charge in [-0.2, -0.15) is 0 Å². The van der Waals surface area contributed by atoms with E-state index in [-0.39, 0.29) is 0 Å². The summed E-state index contributed by atoms with van der Waals surface area (Å²) in [7, 11) is 0. The summed E-state index contributed by atoms with van der Waals surface area (Å²) in [4.78, 5) is 8.01. The van der Waals surface area contributed by atoms with Gasteiger partial charge in [-0.05, 0) is 18.8 Å². The van der Waals surface area contributed by atoms with Crippen molar-refractivity contribution in [3.63, 3.8) is 0 Å². The molecule has 0 saturated heterocycles. The molecule has 3 nitrogen and oxygen atoms in total. The van der Waals surface area contributed by atoms with Gasteiger partial charge in [0.15, 0.2) is 0 Å². The van der Waals surface area contributed by atoms with Gasteiger partial charge in [-0.15, -0.1) is 0 Å². The van der Waals surface area contributed by atoms with Crippen LogP contribution >= 0.6 is 11.6 Å². The number of rotatable bonds is 2. The van der Waals surface area contributed by atoms with E-state index in [1.54, 1.807) is 6.07 Å². The van der Waals surface area contributed by atoms with Crippen LogP contribution in [0.4, 0.5) is 5.82 Å². The molecule has 1 aromatic heterocycles. The van der Waals surface area contributed by atoms with Crippen LogP contribution < -0.4 is 5.32 Å². The number of halogens is 1. The number of hydrogen-bond acceptors (Lipinski definition) is 3. The summed E-state index contributed by atoms with van der Waals surface area (Å²) in [6.45, 7) is 2.31. The smallest absolute Gasteiger partial charge is 0.134 e. The van der Waals surface area contributed by atoms with Gasteiger partial charge in [0.25, 0.3) is 0 Å². The van der Waals surface area contributed by atoms with Gasteiger partial charge in [0.2, 0.25) is 0 Å². The zero-order valence-corrected chi connectivity index (χ0v) is 9.67. The van der Waals surface area contributed by atoms with Crippen LogP contribution in [0.15, 0.2) is 12.4 Å². The van der Waals surface area contributed by atoms with Gasteiger partial charge in [-0.1, -0.05) is 31.4 Å². The average molecular weight is 226 g/mol. The lowest BCUT2D eigenvalue weighted by atomic mass is 9.87. The fourth-order valence-electron chi connectivity index (χ4n) is 2.19. The summed E-state index contributed by atoms with van der Waals surface area (Å²) in [5.74, 6) is 1.66. The SMILES string of the molecule is CC1CCCC(Nc2cc(Cl)ncn2)C1. The van der Waals surface area contributed by atoms with Gasteiger partial charge in [0.1, 0.15) is 17.3 Å². The molecule has 2 unspecified atom stereocenters. The predicted octanol–water partition coefficient (Wildman–Crippen LogP) is 3.12. The van der Waals surface area contributed by atoms with E-state index in [1.165, 1.54) is 32.0 Å². The normalized spacial score (nSPS) is 26.3. The zero-order chi connectivity index (χ0) is 10.7. The molecule has 1 N–H and O–H groups in total. The van der Waals surface area contributed by atoms with Gasteiger partial charge in [0, 0.05) is 12.1 Å². The first-order chi connectivity index (χ1) is 7.24. The molecule has 1 saturated carbocycles. The molecule has 15 heavy (non-hydrogen) atoms. The van der Waals surface area contributed by atoms with Crippen LogP contribution in [0.3, 0.4) is 0 Å². The molecule has 1 fully saturated rings. The summed E-state index contributed by atoms with van der Waals surface area (Å²) in [6.07, 6.45) is 6.60. The third-order valence-electron chi connectivity index (χ3n) is 2.92. The second kappa shape index (κ2) is 4.79. The van der Waals surface area contributed by atoms with E-state index in [4.69, 9.17) is 11.6 Å². The lowest BCUT2D eigenvalue weighted by Crippen LogP contribution is -2.26. The molecule has 0 spiro atoms. The zero-order valence-electron chi connectivity index (χ0n) is 8.91. The van der Waals surface area contributed by atoms with E-state index in [9.17, 15) is 0 Å². The Morgan fingerprint density at radius 1 is 1.40 bits per heavy atom. The molecular formula is C11H16ClN3. The molecule has 0 bridgehead atoms. The van der Waals surface area contributed by atoms with Gasteiger partial charge in [0.05, 0.1) is 0 Å². The molecule has 1 aliphatic carbocycles. The third-order valence-corrected chi connectivity index (χ3v) is 3.13. The first kappa shape index (κ1) is 10.7. The van der Waals surface area contributed by atoms with Crippen LogP contribution in [0, 0.1) is 5.92 Å². The molecule has 0 radical (unpaired) electrons. The van der Waals surface area contributed by atoms with E-state index < -0.39 is 0 Å². The van der Waals surface area contributed by atoms with Gasteiger partial charge in [-0.3, -0.25) is 0 Å². The summed E-state index contributed by atoms with van der Waals surface area (Å²) in [5, 5.41) is 3.91. The Hall–Kier alpha value is -0.830. The monoisotopic (exact) mass is 225 g/mol. The topological polar surface area (TPSA) is 37.8 Å². The van der Waals surface area contributed by atoms with Crippen molar-refractivity contribution >= 4 is 17.4 Å². The number of nitrogens with one attached hydrogen (secondary N) is 1. The highest BCUT2D eigenvalue weighted by atomic mass is 35.5. The van der Waals surface area contributed by atoms with Crippen molar-refractivity contribution in [2.24, 2.45) is 5.92 Å². The van der Waals surface area contributed by atoms with E-state index >= 15 is 0 Å². The maximum Gasteiger partial charge on any atom is 0.134 e. The minimum atomic E-state index is 0.497. The van der Waals surface area contributed by atoms with Gasteiger partial charge < -0.3 is 5.32 Å². The molecule has 2 rings (SSSR count). The van der Waals surface area contributed by atoms with Crippen molar-refractivity contribution in [1.82, 2.24) is 9.97 Å². The standard InChI is InChI=1S/C11H16ClN3/c1-8-3-2-4-9(5-8)15-11-6-10(12)13-7-14-11/h6-9H,2-5H2,1H3,(H,13,14,15). The van der Waals surface area contributed by atoms with E-state index in [0.29, 0.717) is 11.2 Å². The number of anilines is 1. The van der Waals surface area contributed by atoms with Crippen LogP contribution in [-0.4, -0.2) is 16.0 Å². The summed E-state index contributed by atoms with van der Waals surface area (Å²) < 4.78 is 0. The second-order valence-electron chi connectivity index (χ2n) is 4.34.